The fourth-order valence-corrected chi connectivity index (χ4v) is 2.32. The lowest BCUT2D eigenvalue weighted by atomic mass is 10.3. The molecule has 1 aromatic carbocycles. The summed E-state index contributed by atoms with van der Waals surface area (Å²) in [4.78, 5) is 0.952. The largest absolute Gasteiger partial charge is 0.496 e. The van der Waals surface area contributed by atoms with Crippen molar-refractivity contribution < 1.29 is 19.3 Å². The Labute approximate surface area is 118 Å². The molecule has 1 aromatic rings. The highest BCUT2D eigenvalue weighted by atomic mass is 32.2. The van der Waals surface area contributed by atoms with Crippen LogP contribution in [0.4, 0.5) is 5.69 Å². The average Bonchev–Trinajstić information content (AvgIpc) is 2.42. The summed E-state index contributed by atoms with van der Waals surface area (Å²) in [5.41, 5.74) is 6.34. The Hall–Kier alpha value is -0.950. The number of ether oxygens (including phenoxy) is 3. The minimum Gasteiger partial charge on any atom is -0.496 e. The van der Waals surface area contributed by atoms with Crippen LogP contribution < -0.4 is 10.5 Å². The maximum atomic E-state index is 9.78. The number of thioether (sulfide) groups is 1. The van der Waals surface area contributed by atoms with E-state index in [-0.39, 0.29) is 0 Å². The molecule has 0 spiro atoms. The zero-order chi connectivity index (χ0) is 14.1. The Balaban J connectivity index is 2.35. The Morgan fingerprint density at radius 2 is 2.11 bits per heavy atom. The van der Waals surface area contributed by atoms with Crippen LogP contribution in [-0.2, 0) is 9.47 Å². The van der Waals surface area contributed by atoms with Gasteiger partial charge in [0.15, 0.2) is 0 Å². The lowest BCUT2D eigenvalue weighted by molar-refractivity contribution is 0.0218. The molecule has 0 heterocycles. The SMILES string of the molecule is COCCOCC(O)CSc1ccc(N)cc1OC. The van der Waals surface area contributed by atoms with Crippen LogP contribution >= 0.6 is 11.8 Å². The number of benzene rings is 1. The molecule has 0 radical (unpaired) electrons. The van der Waals surface area contributed by atoms with Gasteiger partial charge >= 0.3 is 0 Å². The first-order chi connectivity index (χ1) is 9.17. The van der Waals surface area contributed by atoms with Crippen LogP contribution in [0.25, 0.3) is 0 Å². The summed E-state index contributed by atoms with van der Waals surface area (Å²) in [5.74, 6) is 1.25. The molecule has 0 aliphatic rings. The molecule has 0 fully saturated rings. The van der Waals surface area contributed by atoms with E-state index in [4.69, 9.17) is 19.9 Å². The highest BCUT2D eigenvalue weighted by molar-refractivity contribution is 7.99. The third-order valence-electron chi connectivity index (χ3n) is 2.36. The molecule has 0 aromatic heterocycles. The minimum atomic E-state index is -0.524. The number of nitrogens with two attached hydrogens (primary N) is 1. The summed E-state index contributed by atoms with van der Waals surface area (Å²) in [7, 11) is 3.21. The van der Waals surface area contributed by atoms with Gasteiger partial charge in [-0.3, -0.25) is 0 Å². The van der Waals surface area contributed by atoms with Crippen LogP contribution in [0, 0.1) is 0 Å². The third-order valence-corrected chi connectivity index (χ3v) is 3.56. The number of nitrogen functional groups attached to an aromatic ring is 1. The van der Waals surface area contributed by atoms with Crippen LogP contribution in [0.1, 0.15) is 0 Å². The fourth-order valence-electron chi connectivity index (χ4n) is 1.40. The van der Waals surface area contributed by atoms with Crippen molar-refractivity contribution in [3.8, 4) is 5.75 Å². The van der Waals surface area contributed by atoms with E-state index in [1.807, 2.05) is 12.1 Å². The zero-order valence-electron chi connectivity index (χ0n) is 11.3. The van der Waals surface area contributed by atoms with Crippen molar-refractivity contribution in [1.82, 2.24) is 0 Å². The van der Waals surface area contributed by atoms with Crippen LogP contribution in [0.2, 0.25) is 0 Å². The Bertz CT molecular complexity index is 376. The van der Waals surface area contributed by atoms with E-state index in [1.54, 1.807) is 20.3 Å². The van der Waals surface area contributed by atoms with Gasteiger partial charge in [0.2, 0.25) is 0 Å². The van der Waals surface area contributed by atoms with Gasteiger partial charge in [-0.2, -0.15) is 0 Å². The van der Waals surface area contributed by atoms with Crippen molar-refractivity contribution >= 4 is 17.4 Å². The molecule has 0 amide bonds. The molecule has 0 saturated heterocycles. The molecule has 5 nitrogen and oxygen atoms in total. The predicted molar refractivity (Wildman–Crippen MR) is 76.8 cm³/mol. The summed E-state index contributed by atoms with van der Waals surface area (Å²) in [6.45, 7) is 1.32. The third kappa shape index (κ3) is 6.15. The maximum Gasteiger partial charge on any atom is 0.134 e. The Morgan fingerprint density at radius 3 is 2.79 bits per heavy atom. The van der Waals surface area contributed by atoms with Gasteiger partial charge in [0.1, 0.15) is 5.75 Å². The van der Waals surface area contributed by atoms with Crippen molar-refractivity contribution in [3.63, 3.8) is 0 Å². The molecule has 19 heavy (non-hydrogen) atoms. The molecule has 0 aliphatic heterocycles. The van der Waals surface area contributed by atoms with Gasteiger partial charge in [-0.1, -0.05) is 0 Å². The summed E-state index contributed by atoms with van der Waals surface area (Å²) in [6, 6.07) is 5.47. The predicted octanol–water partition coefficient (Wildman–Crippen LogP) is 1.39. The molecule has 1 rings (SSSR count). The lowest BCUT2D eigenvalue weighted by Crippen LogP contribution is -2.19. The second-order valence-corrected chi connectivity index (χ2v) is 5.00. The summed E-state index contributed by atoms with van der Waals surface area (Å²) < 4.78 is 15.4. The molecule has 0 bridgehead atoms. The highest BCUT2D eigenvalue weighted by Crippen LogP contribution is 2.31. The van der Waals surface area contributed by atoms with Gasteiger partial charge in [-0.25, -0.2) is 0 Å². The molecular weight excluding hydrogens is 266 g/mol. The van der Waals surface area contributed by atoms with Crippen molar-refractivity contribution in [3.05, 3.63) is 18.2 Å². The van der Waals surface area contributed by atoms with E-state index < -0.39 is 6.10 Å². The van der Waals surface area contributed by atoms with E-state index in [0.29, 0.717) is 31.3 Å². The molecule has 1 unspecified atom stereocenters. The number of aliphatic hydroxyl groups excluding tert-OH is 1. The maximum absolute atomic E-state index is 9.78. The highest BCUT2D eigenvalue weighted by Gasteiger charge is 2.09. The van der Waals surface area contributed by atoms with E-state index in [2.05, 4.69) is 0 Å². The molecule has 6 heteroatoms. The van der Waals surface area contributed by atoms with Crippen LogP contribution in [0.3, 0.4) is 0 Å². The van der Waals surface area contributed by atoms with E-state index in [1.165, 1.54) is 11.8 Å². The molecular formula is C13H21NO4S. The first kappa shape index (κ1) is 16.1. The molecule has 1 atom stereocenters. The van der Waals surface area contributed by atoms with Gasteiger partial charge in [0.05, 0.1) is 33.0 Å². The molecule has 0 saturated carbocycles. The second kappa shape index (κ2) is 9.03. The molecule has 3 N–H and O–H groups in total. The van der Waals surface area contributed by atoms with Crippen molar-refractivity contribution in [1.29, 1.82) is 0 Å². The number of hydrogen-bond donors (Lipinski definition) is 2. The fraction of sp³-hybridized carbons (Fsp3) is 0.538. The Kier molecular flexibility index (Phi) is 7.66. The van der Waals surface area contributed by atoms with Crippen LogP contribution in [0.5, 0.6) is 5.75 Å². The average molecular weight is 287 g/mol. The first-order valence-electron chi connectivity index (χ1n) is 5.98. The van der Waals surface area contributed by atoms with Gasteiger partial charge in [0, 0.05) is 29.5 Å². The van der Waals surface area contributed by atoms with E-state index in [9.17, 15) is 5.11 Å². The topological polar surface area (TPSA) is 73.9 Å². The summed E-state index contributed by atoms with van der Waals surface area (Å²) in [5, 5.41) is 9.78. The molecule has 108 valence electrons. The van der Waals surface area contributed by atoms with Crippen molar-refractivity contribution in [2.24, 2.45) is 0 Å². The van der Waals surface area contributed by atoms with Gasteiger partial charge in [-0.05, 0) is 12.1 Å². The summed E-state index contributed by atoms with van der Waals surface area (Å²) in [6.07, 6.45) is -0.524. The van der Waals surface area contributed by atoms with Gasteiger partial charge < -0.3 is 25.1 Å². The monoisotopic (exact) mass is 287 g/mol. The smallest absolute Gasteiger partial charge is 0.134 e. The second-order valence-electron chi connectivity index (χ2n) is 3.94. The number of methoxy groups -OCH3 is 2. The normalized spacial score (nSPS) is 12.4. The van der Waals surface area contributed by atoms with Crippen LogP contribution in [0.15, 0.2) is 23.1 Å². The Morgan fingerprint density at radius 1 is 1.32 bits per heavy atom. The van der Waals surface area contributed by atoms with Crippen LogP contribution in [-0.4, -0.2) is 51.0 Å². The standard InChI is InChI=1S/C13H21NO4S/c1-16-5-6-18-8-11(15)9-19-13-4-3-10(14)7-12(13)17-2/h3-4,7,11,15H,5-6,8-9,14H2,1-2H3. The number of aliphatic hydroxyl groups is 1. The van der Waals surface area contributed by atoms with Gasteiger partial charge in [-0.15, -0.1) is 11.8 Å². The number of rotatable bonds is 9. The minimum absolute atomic E-state index is 0.299. The number of anilines is 1. The number of hydrogen-bond acceptors (Lipinski definition) is 6. The van der Waals surface area contributed by atoms with Crippen molar-refractivity contribution in [2.75, 3.05) is 45.5 Å². The lowest BCUT2D eigenvalue weighted by Gasteiger charge is -2.13. The quantitative estimate of drug-likeness (QED) is 0.406. The zero-order valence-corrected chi connectivity index (χ0v) is 12.1. The van der Waals surface area contributed by atoms with E-state index in [0.717, 1.165) is 10.6 Å². The van der Waals surface area contributed by atoms with E-state index >= 15 is 0 Å². The first-order valence-corrected chi connectivity index (χ1v) is 6.97. The van der Waals surface area contributed by atoms with Crippen molar-refractivity contribution in [2.45, 2.75) is 11.0 Å². The van der Waals surface area contributed by atoms with Gasteiger partial charge in [0.25, 0.3) is 0 Å². The summed E-state index contributed by atoms with van der Waals surface area (Å²) >= 11 is 1.51. The molecule has 0 aliphatic carbocycles.